The molecule has 1 spiro atoms. The average Bonchev–Trinajstić information content (AvgIpc) is 3.34. The van der Waals surface area contributed by atoms with Crippen LogP contribution in [0.2, 0.25) is 0 Å². The van der Waals surface area contributed by atoms with Crippen molar-refractivity contribution in [1.29, 1.82) is 0 Å². The van der Waals surface area contributed by atoms with E-state index >= 15 is 0 Å². The molecule has 2 heteroatoms. The second-order valence-corrected chi connectivity index (χ2v) is 19.7. The van der Waals surface area contributed by atoms with E-state index in [2.05, 4.69) is 102 Å². The first-order valence-corrected chi connectivity index (χ1v) is 19.2. The minimum absolute atomic E-state index is 0.133. The fourth-order valence-corrected chi connectivity index (χ4v) is 22.3. The maximum Gasteiger partial charge on any atom is 0.135 e. The lowest BCUT2D eigenvalue weighted by atomic mass is 9.08. The lowest BCUT2D eigenvalue weighted by Gasteiger charge is -2.68. The summed E-state index contributed by atoms with van der Waals surface area (Å²) >= 11 is 0. The molecule has 2 aliphatic heterocycles. The molecule has 8 rings (SSSR count). The molecule has 0 N–H and O–H groups in total. The van der Waals surface area contributed by atoms with E-state index < -0.39 is 13.4 Å². The molecule has 5 aliphatic rings. The van der Waals surface area contributed by atoms with Gasteiger partial charge in [-0.05, 0) is 95.9 Å². The standard InChI is InChI=1S/C40H50BP/c1-27-23-28(2)37(29(3)24-27)41-31(5)26-39(6)25-30(4)40(39,41)42(33-16-9-7-10-17-33,34-18-11-8-12-19-34)36-22-21-32-15-13-14-20-35(32)38(36)41/h13-15,20-26,33-34H,7-12,16-19H2,1-6H3/t39?,40?,41-/m0/s1. The molecule has 2 fully saturated rings. The van der Waals surface area contributed by atoms with Crippen LogP contribution in [-0.2, 0) is 0 Å². The lowest BCUT2D eigenvalue weighted by Crippen LogP contribution is -2.77. The number of benzene rings is 3. The fraction of sp³-hybridized carbons (Fsp3) is 0.500. The van der Waals surface area contributed by atoms with Crippen LogP contribution in [0.4, 0.5) is 0 Å². The van der Waals surface area contributed by atoms with E-state index in [1.54, 1.807) is 27.4 Å². The van der Waals surface area contributed by atoms with Crippen LogP contribution in [0.3, 0.4) is 0 Å². The van der Waals surface area contributed by atoms with Crippen molar-refractivity contribution in [3.05, 3.63) is 88.4 Å². The molecule has 42 heavy (non-hydrogen) atoms. The smallest absolute Gasteiger partial charge is 0.135 e. The van der Waals surface area contributed by atoms with Crippen LogP contribution >= 0.6 is 7.26 Å². The first kappa shape index (κ1) is 27.4. The maximum atomic E-state index is 2.84. The van der Waals surface area contributed by atoms with Gasteiger partial charge in [-0.25, -0.2) is 5.47 Å². The van der Waals surface area contributed by atoms with Crippen LogP contribution < -0.4 is 16.2 Å². The molecule has 0 bridgehead atoms. The molecule has 0 nitrogen and oxygen atoms in total. The molecule has 3 atom stereocenters. The van der Waals surface area contributed by atoms with Crippen molar-refractivity contribution in [3.63, 3.8) is 0 Å². The zero-order chi connectivity index (χ0) is 29.1. The Morgan fingerprint density at radius 3 is 1.88 bits per heavy atom. The van der Waals surface area contributed by atoms with Crippen LogP contribution in [0.5, 0.6) is 0 Å². The third-order valence-electron chi connectivity index (χ3n) is 13.6. The van der Waals surface area contributed by atoms with Crippen LogP contribution in [0, 0.1) is 26.2 Å². The Balaban J connectivity index is 1.63. The summed E-state index contributed by atoms with van der Waals surface area (Å²) in [6.07, 6.45) is 18.9. The molecular weight excluding hydrogens is 522 g/mol. The van der Waals surface area contributed by atoms with Crippen molar-refractivity contribution in [2.24, 2.45) is 5.41 Å². The summed E-state index contributed by atoms with van der Waals surface area (Å²) in [7, 11) is -1.71. The van der Waals surface area contributed by atoms with E-state index in [9.17, 15) is 0 Å². The summed E-state index contributed by atoms with van der Waals surface area (Å²) in [5.74, 6) is 0. The van der Waals surface area contributed by atoms with Gasteiger partial charge < -0.3 is 0 Å². The summed E-state index contributed by atoms with van der Waals surface area (Å²) in [5, 5.41) is 5.12. The number of hydrogen-bond acceptors (Lipinski definition) is 0. The summed E-state index contributed by atoms with van der Waals surface area (Å²) in [5.41, 5.74) is 13.3. The molecule has 218 valence electrons. The van der Waals surface area contributed by atoms with Gasteiger partial charge in [0.25, 0.3) is 0 Å². The molecule has 3 aromatic rings. The molecule has 2 heterocycles. The van der Waals surface area contributed by atoms with Gasteiger partial charge in [-0.2, -0.15) is 5.46 Å². The van der Waals surface area contributed by atoms with Gasteiger partial charge in [0, 0.05) is 17.7 Å². The Hall–Kier alpha value is -2.11. The van der Waals surface area contributed by atoms with E-state index in [0.29, 0.717) is 0 Å². The minimum atomic E-state index is -1.71. The Kier molecular flexibility index (Phi) is 6.02. The van der Waals surface area contributed by atoms with Crippen LogP contribution in [0.15, 0.2) is 71.7 Å². The van der Waals surface area contributed by atoms with Crippen molar-refractivity contribution in [2.75, 3.05) is 0 Å². The second kappa shape index (κ2) is 9.21. The van der Waals surface area contributed by atoms with Gasteiger partial charge in [-0.3, -0.25) is 0 Å². The molecule has 0 saturated heterocycles. The van der Waals surface area contributed by atoms with E-state index in [4.69, 9.17) is 0 Å². The molecule has 3 aliphatic carbocycles. The minimum Gasteiger partial charge on any atom is -0.223 e. The molecular formula is C40H50BP. The van der Waals surface area contributed by atoms with Gasteiger partial charge in [-0.1, -0.05) is 97.5 Å². The van der Waals surface area contributed by atoms with E-state index in [1.807, 2.05) is 5.30 Å². The Bertz CT molecular complexity index is 1640. The highest BCUT2D eigenvalue weighted by Gasteiger charge is 2.84. The second-order valence-electron chi connectivity index (χ2n) is 15.5. The third-order valence-corrected chi connectivity index (χ3v) is 20.5. The van der Waals surface area contributed by atoms with Crippen molar-refractivity contribution >= 4 is 40.4 Å². The van der Waals surface area contributed by atoms with Crippen molar-refractivity contribution in [1.82, 2.24) is 0 Å². The van der Waals surface area contributed by atoms with E-state index in [1.165, 1.54) is 86.3 Å². The summed E-state index contributed by atoms with van der Waals surface area (Å²) in [4.78, 5) is 0. The molecule has 2 saturated carbocycles. The van der Waals surface area contributed by atoms with Crippen LogP contribution in [-0.4, -0.2) is 22.5 Å². The van der Waals surface area contributed by atoms with Crippen molar-refractivity contribution in [3.8, 4) is 0 Å². The highest BCUT2D eigenvalue weighted by Crippen LogP contribution is 2.91. The molecule has 2 unspecified atom stereocenters. The van der Waals surface area contributed by atoms with Crippen molar-refractivity contribution < 1.29 is 0 Å². The van der Waals surface area contributed by atoms with Gasteiger partial charge in [0.1, 0.15) is 6.15 Å². The van der Waals surface area contributed by atoms with E-state index in [-0.39, 0.29) is 10.5 Å². The monoisotopic (exact) mass is 572 g/mol. The number of hydrogen-bond donors (Lipinski definition) is 0. The van der Waals surface area contributed by atoms with Crippen LogP contribution in [0.1, 0.15) is 102 Å². The highest BCUT2D eigenvalue weighted by atomic mass is 31.2. The maximum absolute atomic E-state index is 2.84. The predicted octanol–water partition coefficient (Wildman–Crippen LogP) is 9.39. The predicted molar refractivity (Wildman–Crippen MR) is 188 cm³/mol. The van der Waals surface area contributed by atoms with Gasteiger partial charge >= 0.3 is 0 Å². The average molecular weight is 573 g/mol. The fourth-order valence-electron chi connectivity index (χ4n) is 13.3. The Morgan fingerprint density at radius 1 is 0.690 bits per heavy atom. The largest absolute Gasteiger partial charge is 0.223 e. The number of aryl methyl sites for hydroxylation is 3. The van der Waals surface area contributed by atoms with E-state index in [0.717, 1.165) is 11.3 Å². The zero-order valence-electron chi connectivity index (χ0n) is 27.0. The zero-order valence-corrected chi connectivity index (χ0v) is 27.9. The van der Waals surface area contributed by atoms with Crippen molar-refractivity contribution in [2.45, 2.75) is 122 Å². The van der Waals surface area contributed by atoms with Gasteiger partial charge in [-0.15, -0.1) is 11.5 Å². The van der Waals surface area contributed by atoms with Gasteiger partial charge in [0.2, 0.25) is 0 Å². The van der Waals surface area contributed by atoms with Gasteiger partial charge in [0.15, 0.2) is 0 Å². The summed E-state index contributed by atoms with van der Waals surface area (Å²) < 4.78 is 0. The lowest BCUT2D eigenvalue weighted by molar-refractivity contribution is 0.419. The number of fused-ring (bicyclic) bond motifs is 4. The first-order valence-electron chi connectivity index (χ1n) is 17.3. The molecule has 3 aromatic carbocycles. The van der Waals surface area contributed by atoms with Crippen LogP contribution in [0.25, 0.3) is 10.8 Å². The number of allylic oxidation sites excluding steroid dienone is 4. The Morgan fingerprint density at radius 2 is 1.29 bits per heavy atom. The SMILES string of the molecule is CC1=CC2(C)C=C(C)C23[B@@-]1(c1c(C)cc(C)cc1C)c1c(ccc2ccccc12)[P+]3(C1CCCCC1)C1CCCCC1. The quantitative estimate of drug-likeness (QED) is 0.167. The molecule has 0 amide bonds. The Labute approximate surface area is 255 Å². The first-order chi connectivity index (χ1) is 20.2. The normalized spacial score (nSPS) is 32.1. The summed E-state index contributed by atoms with van der Waals surface area (Å²) in [6, 6.07) is 19.9. The topological polar surface area (TPSA) is 0 Å². The third kappa shape index (κ3) is 2.92. The molecule has 0 aromatic heterocycles. The molecule has 0 radical (unpaired) electrons. The number of rotatable bonds is 3. The highest BCUT2D eigenvalue weighted by molar-refractivity contribution is 7.91. The van der Waals surface area contributed by atoms with Gasteiger partial charge in [0.05, 0.1) is 16.6 Å². The summed E-state index contributed by atoms with van der Waals surface area (Å²) in [6.45, 7) is 15.1.